The molecule has 0 N–H and O–H groups in total. The molecule has 85 heavy (non-hydrogen) atoms. The Morgan fingerprint density at radius 1 is 0.388 bits per heavy atom. The minimum Gasteiger partial charge on any atom is -0.350 e. The van der Waals surface area contributed by atoms with Gasteiger partial charge in [-0.2, -0.15) is 0 Å². The molecule has 0 radical (unpaired) electrons. The molecule has 7 aliphatic rings. The van der Waals surface area contributed by atoms with Crippen LogP contribution in [0.4, 0.5) is 35.1 Å². The van der Waals surface area contributed by atoms with Crippen molar-refractivity contribution in [3.05, 3.63) is 175 Å². The third-order valence-electron chi connectivity index (χ3n) is 17.6. The summed E-state index contributed by atoms with van der Waals surface area (Å²) >= 11 is 0. The molecule has 5 aromatic carbocycles. The summed E-state index contributed by atoms with van der Waals surface area (Å²) in [5.74, 6) is 0.918. The van der Waals surface area contributed by atoms with Gasteiger partial charge in [0.25, 0.3) is 0 Å². The Morgan fingerprint density at radius 3 is 1.20 bits per heavy atom. The summed E-state index contributed by atoms with van der Waals surface area (Å²) in [6.45, 7) is 36.9. The molecule has 3 heterocycles. The van der Waals surface area contributed by atoms with Crippen LogP contribution >= 0.6 is 0 Å². The van der Waals surface area contributed by atoms with Crippen molar-refractivity contribution >= 4 is 0 Å². The molecule has 5 aromatic rings. The van der Waals surface area contributed by atoms with Crippen LogP contribution in [0.1, 0.15) is 194 Å². The third kappa shape index (κ3) is 27.2. The van der Waals surface area contributed by atoms with Crippen molar-refractivity contribution in [3.8, 4) is 0 Å². The van der Waals surface area contributed by atoms with E-state index in [1.807, 2.05) is 33.8 Å². The highest BCUT2D eigenvalue weighted by atomic mass is 19.2. The van der Waals surface area contributed by atoms with Crippen molar-refractivity contribution < 1.29 is 44.6 Å². The van der Waals surface area contributed by atoms with E-state index in [1.165, 1.54) is 107 Å². The molecule has 6 unspecified atom stereocenters. The molecule has 6 atom stereocenters. The number of aryl methyl sites for hydroxylation is 8. The Kier molecular flexibility index (Phi) is 31.7. The van der Waals surface area contributed by atoms with E-state index in [1.54, 1.807) is 50.1 Å². The van der Waals surface area contributed by atoms with Crippen molar-refractivity contribution in [2.75, 3.05) is 13.2 Å². The molecule has 12 rings (SSSR count). The number of hydrogen-bond acceptors (Lipinski definition) is 2. The first-order valence-corrected chi connectivity index (χ1v) is 31.6. The molecule has 476 valence electrons. The Hall–Kier alpha value is -4.54. The van der Waals surface area contributed by atoms with Gasteiger partial charge < -0.3 is 9.47 Å². The maximum atomic E-state index is 12.8. The van der Waals surface area contributed by atoms with Gasteiger partial charge in [0.2, 0.25) is 0 Å². The molecule has 2 nitrogen and oxygen atoms in total. The molecule has 4 aliphatic carbocycles. The first-order chi connectivity index (χ1) is 39.7. The normalized spacial score (nSPS) is 27.6. The van der Waals surface area contributed by atoms with E-state index in [9.17, 15) is 35.1 Å². The highest BCUT2D eigenvalue weighted by Crippen LogP contribution is 2.43. The van der Waals surface area contributed by atoms with Crippen LogP contribution in [0.2, 0.25) is 0 Å². The first-order valence-electron chi connectivity index (χ1n) is 31.6. The molecule has 2 bridgehead atoms. The molecule has 0 amide bonds. The second-order valence-corrected chi connectivity index (χ2v) is 27.1. The minimum absolute atomic E-state index is 0.0885. The van der Waals surface area contributed by atoms with Crippen LogP contribution in [0.3, 0.4) is 0 Å². The number of halogens is 8. The molecular formula is C75H108F8O2. The lowest BCUT2D eigenvalue weighted by Crippen LogP contribution is -2.52. The highest BCUT2D eigenvalue weighted by Gasteiger charge is 2.45. The largest absolute Gasteiger partial charge is 0.350 e. The van der Waals surface area contributed by atoms with Crippen molar-refractivity contribution in [2.45, 2.75) is 232 Å². The van der Waals surface area contributed by atoms with Crippen LogP contribution in [0, 0.1) is 138 Å². The van der Waals surface area contributed by atoms with Crippen LogP contribution in [0.5, 0.6) is 0 Å². The zero-order valence-electron chi connectivity index (χ0n) is 55.3. The Labute approximate surface area is 510 Å². The van der Waals surface area contributed by atoms with Gasteiger partial charge in [-0.1, -0.05) is 171 Å². The smallest absolute Gasteiger partial charge is 0.165 e. The quantitative estimate of drug-likeness (QED) is 0.144. The summed E-state index contributed by atoms with van der Waals surface area (Å²) in [4.78, 5) is 0. The van der Waals surface area contributed by atoms with Gasteiger partial charge >= 0.3 is 0 Å². The van der Waals surface area contributed by atoms with E-state index < -0.39 is 41.8 Å². The van der Waals surface area contributed by atoms with Gasteiger partial charge in [0.15, 0.2) is 17.4 Å². The number of hydrogen-bond donors (Lipinski definition) is 0. The fourth-order valence-electron chi connectivity index (χ4n) is 10.8. The van der Waals surface area contributed by atoms with Gasteiger partial charge in [-0.3, -0.25) is 0 Å². The zero-order valence-corrected chi connectivity index (χ0v) is 55.3. The zero-order chi connectivity index (χ0) is 63.9. The lowest BCUT2D eigenvalue weighted by molar-refractivity contribution is -0.328. The average Bonchev–Trinajstić information content (AvgIpc) is 3.79. The van der Waals surface area contributed by atoms with Crippen LogP contribution in [0.25, 0.3) is 0 Å². The summed E-state index contributed by atoms with van der Waals surface area (Å²) < 4.78 is 113. The third-order valence-corrected chi connectivity index (χ3v) is 17.6. The van der Waals surface area contributed by atoms with Crippen molar-refractivity contribution in [3.63, 3.8) is 0 Å². The molecule has 3 aliphatic heterocycles. The van der Waals surface area contributed by atoms with Gasteiger partial charge in [-0.25, -0.2) is 35.1 Å². The Morgan fingerprint density at radius 2 is 0.788 bits per heavy atom. The van der Waals surface area contributed by atoms with E-state index in [4.69, 9.17) is 9.47 Å². The summed E-state index contributed by atoms with van der Waals surface area (Å²) in [5, 5.41) is 0. The van der Waals surface area contributed by atoms with Gasteiger partial charge in [0, 0.05) is 23.3 Å². The van der Waals surface area contributed by atoms with E-state index in [0.717, 1.165) is 55.8 Å². The van der Waals surface area contributed by atoms with E-state index >= 15 is 0 Å². The lowest BCUT2D eigenvalue weighted by Gasteiger charge is -2.49. The van der Waals surface area contributed by atoms with Crippen molar-refractivity contribution in [1.29, 1.82) is 0 Å². The van der Waals surface area contributed by atoms with E-state index in [2.05, 4.69) is 97.9 Å². The number of benzene rings is 5. The number of ether oxygens (including phenoxy) is 2. The molecule has 10 heteroatoms. The summed E-state index contributed by atoms with van der Waals surface area (Å²) in [5.41, 5.74) is 10.6. The Balaban J connectivity index is 0.000000251. The average molecular weight is 1190 g/mol. The number of fused-ring (bicyclic) bond motifs is 4. The minimum atomic E-state index is -0.918. The maximum Gasteiger partial charge on any atom is 0.165 e. The molecule has 3 saturated carbocycles. The van der Waals surface area contributed by atoms with E-state index in [0.29, 0.717) is 52.3 Å². The van der Waals surface area contributed by atoms with Crippen LogP contribution in [-0.4, -0.2) is 37.5 Å². The summed E-state index contributed by atoms with van der Waals surface area (Å²) in [6, 6.07) is 26.3. The van der Waals surface area contributed by atoms with Crippen molar-refractivity contribution in [1.82, 2.24) is 0 Å². The van der Waals surface area contributed by atoms with Gasteiger partial charge in [0.1, 0.15) is 36.0 Å². The fraction of sp³-hybridized carbons (Fsp3) is 0.600. The summed E-state index contributed by atoms with van der Waals surface area (Å²) in [6.07, 6.45) is 12.6. The highest BCUT2D eigenvalue weighted by molar-refractivity contribution is 5.35. The standard InChI is InChI=1S/C11H14.C8H14F2.2C8H8F2.C8H15F.C8H9F.C8H14O2.C8H16.C8H10/c1-8-3-4-10-6-9(2)7-11(10)5-8;2*1-5-3-7(9)6(2)8(10)4-5;1-5-3-4-6(2)8(10)7(5)9;2*1-6-3-4-7(2)8(9)5-6;1-7-3-4-8(2,9-5-7)10-6-7;2*1-7-3-5-8(2)6-4-7/h3-5,9H,6-7H2,1-2H3;5-8H,3-4H2,1-2H3;2*3-4H,1-2H3;6-8H,3-5H2,1-2H3;3-5H,1-2H3;3-6H2,1-2H3;7-8H,3-6H2,1-2H3;3-6H,1-2H3. The van der Waals surface area contributed by atoms with Crippen molar-refractivity contribution in [2.24, 2.45) is 46.8 Å². The van der Waals surface area contributed by atoms with E-state index in [-0.39, 0.29) is 29.0 Å². The first kappa shape index (κ1) is 74.7. The van der Waals surface area contributed by atoms with Crippen LogP contribution in [-0.2, 0) is 22.3 Å². The van der Waals surface area contributed by atoms with Gasteiger partial charge in [-0.15, -0.1) is 0 Å². The van der Waals surface area contributed by atoms with Gasteiger partial charge in [-0.05, 0) is 207 Å². The second kappa shape index (κ2) is 36.1. The molecular weight excluding hydrogens is 1080 g/mol. The Bertz CT molecular complexity index is 2600. The number of rotatable bonds is 0. The lowest BCUT2D eigenvalue weighted by atomic mass is 9.80. The number of alkyl halides is 3. The maximum absolute atomic E-state index is 12.8. The van der Waals surface area contributed by atoms with Crippen LogP contribution in [0.15, 0.2) is 84.9 Å². The van der Waals surface area contributed by atoms with Gasteiger partial charge in [0.05, 0.1) is 13.2 Å². The molecule has 0 spiro atoms. The summed E-state index contributed by atoms with van der Waals surface area (Å²) in [7, 11) is 0. The predicted molar refractivity (Wildman–Crippen MR) is 340 cm³/mol. The molecule has 3 saturated heterocycles. The SMILES string of the molecule is CC12CCC(C)(OC1)OC2.CC1CC(F)C(C)C(F)C1.CC1CCC(C)C(F)C1.CC1CCC(C)CC1.Cc1cc(F)c(C)c(F)c1.Cc1ccc(C)c(F)c1.Cc1ccc(C)c(F)c1F.Cc1ccc(C)cc1.Cc1ccc2c(c1)CC(C)C2. The fourth-order valence-corrected chi connectivity index (χ4v) is 10.8. The topological polar surface area (TPSA) is 18.5 Å². The molecule has 6 fully saturated rings. The monoisotopic (exact) mass is 1190 g/mol. The second-order valence-electron chi connectivity index (χ2n) is 27.1. The predicted octanol–water partition coefficient (Wildman–Crippen LogP) is 22.5. The van der Waals surface area contributed by atoms with Crippen LogP contribution < -0.4 is 0 Å². The molecule has 0 aromatic heterocycles.